The second-order valence-electron chi connectivity index (χ2n) is 5.30. The van der Waals surface area contributed by atoms with Gasteiger partial charge in [-0.15, -0.1) is 0 Å². The summed E-state index contributed by atoms with van der Waals surface area (Å²) >= 11 is 0. The Labute approximate surface area is 123 Å². The molecule has 0 spiro atoms. The van der Waals surface area contributed by atoms with E-state index in [2.05, 4.69) is 36.9 Å². The Balaban J connectivity index is 2.26. The van der Waals surface area contributed by atoms with Gasteiger partial charge in [-0.1, -0.05) is 43.0 Å². The van der Waals surface area contributed by atoms with Gasteiger partial charge in [0.25, 0.3) is 0 Å². The van der Waals surface area contributed by atoms with Crippen molar-refractivity contribution >= 4 is 27.5 Å². The Morgan fingerprint density at radius 3 is 2.33 bits per heavy atom. The predicted molar refractivity (Wildman–Crippen MR) is 86.6 cm³/mol. The maximum absolute atomic E-state index is 11.8. The van der Waals surface area contributed by atoms with Crippen LogP contribution in [-0.2, 0) is 4.79 Å². The molecule has 0 aliphatic carbocycles. The average molecular weight is 276 g/mol. The minimum atomic E-state index is -0.390. The molecule has 0 amide bonds. The van der Waals surface area contributed by atoms with Crippen molar-refractivity contribution < 1.29 is 9.53 Å². The SMILES string of the molecule is C=C(C)C(=O)Oc1c(C)ccc2cc3ccccc3cc12. The quantitative estimate of drug-likeness (QED) is 0.291. The highest BCUT2D eigenvalue weighted by atomic mass is 16.5. The molecule has 2 nitrogen and oxygen atoms in total. The first-order chi connectivity index (χ1) is 10.1. The molecule has 0 radical (unpaired) electrons. The van der Waals surface area contributed by atoms with E-state index < -0.39 is 5.97 Å². The van der Waals surface area contributed by atoms with Crippen molar-refractivity contribution in [1.29, 1.82) is 0 Å². The zero-order chi connectivity index (χ0) is 15.0. The van der Waals surface area contributed by atoms with Crippen molar-refractivity contribution in [3.63, 3.8) is 0 Å². The standard InChI is InChI=1S/C19H16O2/c1-12(2)19(20)21-18-13(3)8-9-16-10-14-6-4-5-7-15(14)11-17(16)18/h4-11H,1H2,2-3H3. The van der Waals surface area contributed by atoms with Crippen molar-refractivity contribution in [1.82, 2.24) is 0 Å². The predicted octanol–water partition coefficient (Wildman–Crippen LogP) is 4.78. The summed E-state index contributed by atoms with van der Waals surface area (Å²) in [4.78, 5) is 11.8. The Bertz CT molecular complexity index is 875. The molecule has 0 bridgehead atoms. The zero-order valence-electron chi connectivity index (χ0n) is 12.1. The van der Waals surface area contributed by atoms with E-state index in [0.717, 1.165) is 21.7 Å². The largest absolute Gasteiger partial charge is 0.422 e. The van der Waals surface area contributed by atoms with Crippen molar-refractivity contribution in [3.05, 3.63) is 66.2 Å². The average Bonchev–Trinajstić information content (AvgIpc) is 2.48. The van der Waals surface area contributed by atoms with Crippen LogP contribution in [0.1, 0.15) is 12.5 Å². The number of rotatable bonds is 2. The molecule has 0 fully saturated rings. The van der Waals surface area contributed by atoms with Gasteiger partial charge in [-0.3, -0.25) is 0 Å². The molecule has 3 aromatic carbocycles. The summed E-state index contributed by atoms with van der Waals surface area (Å²) in [6, 6.07) is 16.4. The van der Waals surface area contributed by atoms with E-state index in [1.807, 2.05) is 25.1 Å². The van der Waals surface area contributed by atoms with Crippen LogP contribution in [0.2, 0.25) is 0 Å². The van der Waals surface area contributed by atoms with Gasteiger partial charge in [-0.2, -0.15) is 0 Å². The van der Waals surface area contributed by atoms with Crippen LogP contribution < -0.4 is 4.74 Å². The summed E-state index contributed by atoms with van der Waals surface area (Å²) in [5.41, 5.74) is 1.33. The van der Waals surface area contributed by atoms with E-state index >= 15 is 0 Å². The summed E-state index contributed by atoms with van der Waals surface area (Å²) < 4.78 is 5.53. The second kappa shape index (κ2) is 5.06. The van der Waals surface area contributed by atoms with Gasteiger partial charge in [-0.05, 0) is 47.7 Å². The minimum Gasteiger partial charge on any atom is -0.422 e. The van der Waals surface area contributed by atoms with Gasteiger partial charge in [0.05, 0.1) is 0 Å². The highest BCUT2D eigenvalue weighted by Crippen LogP contribution is 2.33. The third kappa shape index (κ3) is 2.40. The molecule has 2 heteroatoms. The molecule has 21 heavy (non-hydrogen) atoms. The number of hydrogen-bond donors (Lipinski definition) is 0. The molecule has 0 N–H and O–H groups in total. The molecule has 0 aromatic heterocycles. The Hall–Kier alpha value is -2.61. The van der Waals surface area contributed by atoms with Crippen LogP contribution in [0, 0.1) is 6.92 Å². The van der Waals surface area contributed by atoms with Gasteiger partial charge in [0.15, 0.2) is 0 Å². The summed E-state index contributed by atoms with van der Waals surface area (Å²) in [7, 11) is 0. The van der Waals surface area contributed by atoms with Crippen LogP contribution in [0.5, 0.6) is 5.75 Å². The lowest BCUT2D eigenvalue weighted by molar-refractivity contribution is -0.130. The van der Waals surface area contributed by atoms with Crippen LogP contribution in [0.3, 0.4) is 0 Å². The van der Waals surface area contributed by atoms with E-state index in [1.165, 1.54) is 5.39 Å². The van der Waals surface area contributed by atoms with Crippen LogP contribution in [0.25, 0.3) is 21.5 Å². The van der Waals surface area contributed by atoms with E-state index in [0.29, 0.717) is 11.3 Å². The van der Waals surface area contributed by atoms with Crippen LogP contribution in [0.4, 0.5) is 0 Å². The van der Waals surface area contributed by atoms with Crippen molar-refractivity contribution in [2.24, 2.45) is 0 Å². The minimum absolute atomic E-state index is 0.390. The molecule has 3 aromatic rings. The monoisotopic (exact) mass is 276 g/mol. The normalized spacial score (nSPS) is 10.8. The smallest absolute Gasteiger partial charge is 0.338 e. The number of fused-ring (bicyclic) bond motifs is 2. The number of esters is 1. The molecule has 3 rings (SSSR count). The van der Waals surface area contributed by atoms with Crippen molar-refractivity contribution in [3.8, 4) is 5.75 Å². The fourth-order valence-electron chi connectivity index (χ4n) is 2.41. The Morgan fingerprint density at radius 2 is 1.67 bits per heavy atom. The number of aryl methyl sites for hydroxylation is 1. The molecule has 0 heterocycles. The fourth-order valence-corrected chi connectivity index (χ4v) is 2.41. The Kier molecular flexibility index (Phi) is 3.22. The topological polar surface area (TPSA) is 26.3 Å². The highest BCUT2D eigenvalue weighted by Gasteiger charge is 2.12. The number of ether oxygens (including phenoxy) is 1. The van der Waals surface area contributed by atoms with Crippen molar-refractivity contribution in [2.45, 2.75) is 13.8 Å². The highest BCUT2D eigenvalue weighted by molar-refractivity contribution is 6.02. The van der Waals surface area contributed by atoms with Gasteiger partial charge >= 0.3 is 5.97 Å². The van der Waals surface area contributed by atoms with E-state index in [4.69, 9.17) is 4.74 Å². The number of hydrogen-bond acceptors (Lipinski definition) is 2. The summed E-state index contributed by atoms with van der Waals surface area (Å²) in [6.07, 6.45) is 0. The fraction of sp³-hybridized carbons (Fsp3) is 0.105. The van der Waals surface area contributed by atoms with E-state index in [1.54, 1.807) is 6.92 Å². The first-order valence-corrected chi connectivity index (χ1v) is 6.86. The molecule has 104 valence electrons. The van der Waals surface area contributed by atoms with Gasteiger partial charge < -0.3 is 4.74 Å². The number of carbonyl (C=O) groups excluding carboxylic acids is 1. The molecule has 0 unspecified atom stereocenters. The maximum Gasteiger partial charge on any atom is 0.338 e. The van der Waals surface area contributed by atoms with E-state index in [9.17, 15) is 4.79 Å². The number of benzene rings is 3. The lowest BCUT2D eigenvalue weighted by atomic mass is 10.0. The van der Waals surface area contributed by atoms with Gasteiger partial charge in [0.1, 0.15) is 5.75 Å². The first kappa shape index (κ1) is 13.4. The second-order valence-corrected chi connectivity index (χ2v) is 5.30. The molecule has 0 atom stereocenters. The zero-order valence-corrected chi connectivity index (χ0v) is 12.1. The lowest BCUT2D eigenvalue weighted by Gasteiger charge is -2.12. The summed E-state index contributed by atoms with van der Waals surface area (Å²) in [5.74, 6) is 0.227. The first-order valence-electron chi connectivity index (χ1n) is 6.86. The lowest BCUT2D eigenvalue weighted by Crippen LogP contribution is -2.09. The Morgan fingerprint density at radius 1 is 1.00 bits per heavy atom. The summed E-state index contributed by atoms with van der Waals surface area (Å²) in [5, 5.41) is 4.31. The van der Waals surface area contributed by atoms with Crippen molar-refractivity contribution in [2.75, 3.05) is 0 Å². The number of carbonyl (C=O) groups is 1. The van der Waals surface area contributed by atoms with Gasteiger partial charge in [-0.25, -0.2) is 4.79 Å². The molecule has 0 aliphatic heterocycles. The van der Waals surface area contributed by atoms with Crippen LogP contribution in [0.15, 0.2) is 60.7 Å². The van der Waals surface area contributed by atoms with E-state index in [-0.39, 0.29) is 0 Å². The van der Waals surface area contributed by atoms with Crippen LogP contribution >= 0.6 is 0 Å². The molecular formula is C19H16O2. The third-order valence-corrected chi connectivity index (χ3v) is 3.58. The molecule has 0 saturated heterocycles. The van der Waals surface area contributed by atoms with Gasteiger partial charge in [0.2, 0.25) is 0 Å². The third-order valence-electron chi connectivity index (χ3n) is 3.58. The molecular weight excluding hydrogens is 260 g/mol. The maximum atomic E-state index is 11.8. The molecule has 0 saturated carbocycles. The van der Waals surface area contributed by atoms with Crippen LogP contribution in [-0.4, -0.2) is 5.97 Å². The molecule has 0 aliphatic rings. The van der Waals surface area contributed by atoms with Gasteiger partial charge in [0, 0.05) is 11.0 Å². The summed E-state index contributed by atoms with van der Waals surface area (Å²) in [6.45, 7) is 7.23.